The molecule has 0 bridgehead atoms. The minimum atomic E-state index is -0.289. The molecule has 4 nitrogen and oxygen atoms in total. The Morgan fingerprint density at radius 2 is 2.26 bits per heavy atom. The molecule has 1 atom stereocenters. The Hall–Kier alpha value is -1.88. The number of nitrogens with zero attached hydrogens (tertiary/aromatic N) is 1. The van der Waals surface area contributed by atoms with E-state index in [9.17, 15) is 4.39 Å². The van der Waals surface area contributed by atoms with Crippen LogP contribution in [0.1, 0.15) is 30.2 Å². The van der Waals surface area contributed by atoms with E-state index in [-0.39, 0.29) is 11.9 Å². The molecule has 1 aromatic heterocycles. The Morgan fingerprint density at radius 3 is 2.84 bits per heavy atom. The van der Waals surface area contributed by atoms with Gasteiger partial charge in [0.25, 0.3) is 0 Å². The number of methoxy groups -OCH3 is 1. The first-order valence-corrected chi connectivity index (χ1v) is 6.08. The second kappa shape index (κ2) is 5.84. The van der Waals surface area contributed by atoms with Crippen molar-refractivity contribution in [2.24, 2.45) is 0 Å². The lowest BCUT2D eigenvalue weighted by Gasteiger charge is -2.14. The van der Waals surface area contributed by atoms with Crippen LogP contribution in [0.3, 0.4) is 0 Å². The molecule has 102 valence electrons. The first-order chi connectivity index (χ1) is 9.10. The van der Waals surface area contributed by atoms with Crippen LogP contribution in [0, 0.1) is 12.7 Å². The molecule has 0 fully saturated rings. The standard InChI is InChI=1S/C14H17FN2O2/c1-9-7-17-14(19-9)8-16-10(2)12-5-4-11(18-3)6-13(12)15/h4-7,10,16H,8H2,1-3H3. The number of nitrogens with one attached hydrogen (secondary N) is 1. The fraction of sp³-hybridized carbons (Fsp3) is 0.357. The molecule has 1 aromatic carbocycles. The summed E-state index contributed by atoms with van der Waals surface area (Å²) in [5.74, 6) is 1.58. The third kappa shape index (κ3) is 3.32. The molecule has 0 saturated carbocycles. The SMILES string of the molecule is COc1ccc(C(C)NCc2ncc(C)o2)c(F)c1. The Morgan fingerprint density at radius 1 is 1.47 bits per heavy atom. The van der Waals surface area contributed by atoms with Gasteiger partial charge in [-0.25, -0.2) is 9.37 Å². The van der Waals surface area contributed by atoms with Gasteiger partial charge in [-0.1, -0.05) is 6.07 Å². The van der Waals surface area contributed by atoms with Crippen molar-refractivity contribution >= 4 is 0 Å². The summed E-state index contributed by atoms with van der Waals surface area (Å²) in [6, 6.07) is 4.69. The number of oxazole rings is 1. The zero-order valence-corrected chi connectivity index (χ0v) is 11.2. The summed E-state index contributed by atoms with van der Waals surface area (Å²) in [5, 5.41) is 3.17. The third-order valence-electron chi connectivity index (χ3n) is 2.90. The summed E-state index contributed by atoms with van der Waals surface area (Å²) in [5.41, 5.74) is 0.587. The van der Waals surface area contributed by atoms with Gasteiger partial charge in [0.2, 0.25) is 5.89 Å². The van der Waals surface area contributed by atoms with E-state index >= 15 is 0 Å². The summed E-state index contributed by atoms with van der Waals surface area (Å²) < 4.78 is 24.2. The summed E-state index contributed by atoms with van der Waals surface area (Å²) >= 11 is 0. The van der Waals surface area contributed by atoms with Gasteiger partial charge in [0.15, 0.2) is 0 Å². The number of aryl methyl sites for hydroxylation is 1. The number of hydrogen-bond donors (Lipinski definition) is 1. The molecule has 0 saturated heterocycles. The number of aromatic nitrogens is 1. The largest absolute Gasteiger partial charge is 0.497 e. The van der Waals surface area contributed by atoms with Crippen LogP contribution in [0.2, 0.25) is 0 Å². The molecule has 0 amide bonds. The van der Waals surface area contributed by atoms with Crippen molar-refractivity contribution in [2.45, 2.75) is 26.4 Å². The van der Waals surface area contributed by atoms with Crippen LogP contribution < -0.4 is 10.1 Å². The molecule has 0 spiro atoms. The van der Waals surface area contributed by atoms with E-state index in [1.54, 1.807) is 18.3 Å². The topological polar surface area (TPSA) is 47.3 Å². The summed E-state index contributed by atoms with van der Waals surface area (Å²) in [4.78, 5) is 4.09. The molecule has 2 aromatic rings. The van der Waals surface area contributed by atoms with Crippen LogP contribution in [0.5, 0.6) is 5.75 Å². The predicted octanol–water partition coefficient (Wildman–Crippen LogP) is 2.98. The van der Waals surface area contributed by atoms with Crippen molar-refractivity contribution in [3.05, 3.63) is 47.4 Å². The van der Waals surface area contributed by atoms with Crippen LogP contribution in [0.15, 0.2) is 28.8 Å². The van der Waals surface area contributed by atoms with E-state index < -0.39 is 0 Å². The fourth-order valence-electron chi connectivity index (χ4n) is 1.82. The first kappa shape index (κ1) is 13.5. The number of ether oxygens (including phenoxy) is 1. The Labute approximate surface area is 111 Å². The Bertz CT molecular complexity index is 554. The molecule has 1 N–H and O–H groups in total. The minimum absolute atomic E-state index is 0.141. The molecule has 0 radical (unpaired) electrons. The number of benzene rings is 1. The zero-order chi connectivity index (χ0) is 13.8. The maximum Gasteiger partial charge on any atom is 0.208 e. The third-order valence-corrected chi connectivity index (χ3v) is 2.90. The molecule has 1 unspecified atom stereocenters. The lowest BCUT2D eigenvalue weighted by Crippen LogP contribution is -2.19. The van der Waals surface area contributed by atoms with Gasteiger partial charge in [0.1, 0.15) is 17.3 Å². The molecule has 2 rings (SSSR count). The van der Waals surface area contributed by atoms with E-state index in [4.69, 9.17) is 9.15 Å². The second-order valence-electron chi connectivity index (χ2n) is 4.35. The summed E-state index contributed by atoms with van der Waals surface area (Å²) in [6.45, 7) is 4.18. The normalized spacial score (nSPS) is 12.4. The lowest BCUT2D eigenvalue weighted by atomic mass is 10.1. The smallest absolute Gasteiger partial charge is 0.208 e. The molecular formula is C14H17FN2O2. The van der Waals surface area contributed by atoms with E-state index in [0.717, 1.165) is 5.76 Å². The van der Waals surface area contributed by atoms with E-state index in [1.165, 1.54) is 13.2 Å². The van der Waals surface area contributed by atoms with Crippen LogP contribution in [-0.2, 0) is 6.54 Å². The van der Waals surface area contributed by atoms with Crippen LogP contribution in [0.25, 0.3) is 0 Å². The molecule has 0 aliphatic heterocycles. The highest BCUT2D eigenvalue weighted by molar-refractivity contribution is 5.30. The minimum Gasteiger partial charge on any atom is -0.497 e. The van der Waals surface area contributed by atoms with E-state index in [2.05, 4.69) is 10.3 Å². The molecule has 19 heavy (non-hydrogen) atoms. The Balaban J connectivity index is 2.01. The fourth-order valence-corrected chi connectivity index (χ4v) is 1.82. The van der Waals surface area contributed by atoms with Crippen molar-refractivity contribution in [1.29, 1.82) is 0 Å². The van der Waals surface area contributed by atoms with Gasteiger partial charge in [-0.15, -0.1) is 0 Å². The predicted molar refractivity (Wildman–Crippen MR) is 69.4 cm³/mol. The quantitative estimate of drug-likeness (QED) is 0.901. The highest BCUT2D eigenvalue weighted by Gasteiger charge is 2.12. The average molecular weight is 264 g/mol. The van der Waals surface area contributed by atoms with Crippen molar-refractivity contribution in [3.63, 3.8) is 0 Å². The van der Waals surface area contributed by atoms with Crippen LogP contribution >= 0.6 is 0 Å². The number of hydrogen-bond acceptors (Lipinski definition) is 4. The highest BCUT2D eigenvalue weighted by Crippen LogP contribution is 2.21. The van der Waals surface area contributed by atoms with Crippen molar-refractivity contribution in [1.82, 2.24) is 10.3 Å². The van der Waals surface area contributed by atoms with Crippen molar-refractivity contribution < 1.29 is 13.5 Å². The molecule has 5 heteroatoms. The van der Waals surface area contributed by atoms with Gasteiger partial charge >= 0.3 is 0 Å². The monoisotopic (exact) mass is 264 g/mol. The van der Waals surface area contributed by atoms with Crippen LogP contribution in [0.4, 0.5) is 4.39 Å². The van der Waals surface area contributed by atoms with Gasteiger partial charge in [0.05, 0.1) is 19.9 Å². The molecule has 0 aliphatic carbocycles. The van der Waals surface area contributed by atoms with Crippen LogP contribution in [-0.4, -0.2) is 12.1 Å². The average Bonchev–Trinajstić information content (AvgIpc) is 2.81. The van der Waals surface area contributed by atoms with Gasteiger partial charge in [-0.05, 0) is 19.9 Å². The number of rotatable bonds is 5. The highest BCUT2D eigenvalue weighted by atomic mass is 19.1. The first-order valence-electron chi connectivity index (χ1n) is 6.08. The van der Waals surface area contributed by atoms with Crippen molar-refractivity contribution in [3.8, 4) is 5.75 Å². The maximum atomic E-state index is 13.9. The van der Waals surface area contributed by atoms with Gasteiger partial charge in [-0.2, -0.15) is 0 Å². The second-order valence-corrected chi connectivity index (χ2v) is 4.35. The van der Waals surface area contributed by atoms with Gasteiger partial charge in [-0.3, -0.25) is 0 Å². The maximum absolute atomic E-state index is 13.9. The number of halogens is 1. The zero-order valence-electron chi connectivity index (χ0n) is 11.2. The lowest BCUT2D eigenvalue weighted by molar-refractivity contribution is 0.407. The molecule has 0 aliphatic rings. The van der Waals surface area contributed by atoms with Gasteiger partial charge < -0.3 is 14.5 Å². The van der Waals surface area contributed by atoms with Crippen molar-refractivity contribution in [2.75, 3.05) is 7.11 Å². The Kier molecular flexibility index (Phi) is 4.16. The molecule has 1 heterocycles. The van der Waals surface area contributed by atoms with E-state index in [0.29, 0.717) is 23.7 Å². The summed E-state index contributed by atoms with van der Waals surface area (Å²) in [7, 11) is 1.51. The van der Waals surface area contributed by atoms with Gasteiger partial charge in [0, 0.05) is 17.7 Å². The van der Waals surface area contributed by atoms with E-state index in [1.807, 2.05) is 13.8 Å². The molecular weight excluding hydrogens is 247 g/mol. The summed E-state index contributed by atoms with van der Waals surface area (Å²) in [6.07, 6.45) is 1.66.